The van der Waals surface area contributed by atoms with Crippen molar-refractivity contribution in [2.24, 2.45) is 11.7 Å². The Balaban J connectivity index is 2.06. The molecule has 1 fully saturated rings. The fourth-order valence-corrected chi connectivity index (χ4v) is 2.98. The second-order valence-corrected chi connectivity index (χ2v) is 5.95. The van der Waals surface area contributed by atoms with Crippen molar-refractivity contribution in [2.75, 3.05) is 6.54 Å². The zero-order chi connectivity index (χ0) is 14.5. The Morgan fingerprint density at radius 1 is 1.40 bits per heavy atom. The van der Waals surface area contributed by atoms with Crippen LogP contribution in [0.4, 0.5) is 0 Å². The zero-order valence-electron chi connectivity index (χ0n) is 12.1. The molecule has 1 heterocycles. The Kier molecular flexibility index (Phi) is 5.44. The third-order valence-electron chi connectivity index (χ3n) is 4.22. The van der Waals surface area contributed by atoms with Crippen LogP contribution >= 0.6 is 11.6 Å². The molecule has 0 spiro atoms. The van der Waals surface area contributed by atoms with E-state index in [-0.39, 0.29) is 5.91 Å². The van der Waals surface area contributed by atoms with Crippen LogP contribution in [0.15, 0.2) is 18.2 Å². The zero-order valence-corrected chi connectivity index (χ0v) is 12.8. The first-order valence-electron chi connectivity index (χ1n) is 7.39. The highest BCUT2D eigenvalue weighted by atomic mass is 35.5. The van der Waals surface area contributed by atoms with E-state index >= 15 is 0 Å². The first-order valence-corrected chi connectivity index (χ1v) is 7.77. The molecule has 0 aromatic heterocycles. The Hall–Kier alpha value is -1.06. The van der Waals surface area contributed by atoms with Crippen LogP contribution in [-0.2, 0) is 17.9 Å². The van der Waals surface area contributed by atoms with E-state index in [4.69, 9.17) is 17.3 Å². The van der Waals surface area contributed by atoms with Gasteiger partial charge in [-0.05, 0) is 36.0 Å². The third-order valence-corrected chi connectivity index (χ3v) is 4.57. The number of nitrogens with zero attached hydrogens (tertiary/aromatic N) is 1. The second kappa shape index (κ2) is 7.09. The number of likely N-dealkylation sites (tertiary alicyclic amines) is 1. The molecule has 4 heteroatoms. The Bertz CT molecular complexity index is 476. The Labute approximate surface area is 126 Å². The molecule has 110 valence electrons. The van der Waals surface area contributed by atoms with Crippen LogP contribution in [0.25, 0.3) is 0 Å². The molecular formula is C16H23ClN2O. The molecule has 2 N–H and O–H groups in total. The number of hydrogen-bond acceptors (Lipinski definition) is 2. The Morgan fingerprint density at radius 2 is 2.20 bits per heavy atom. The van der Waals surface area contributed by atoms with Gasteiger partial charge in [-0.1, -0.05) is 37.1 Å². The summed E-state index contributed by atoms with van der Waals surface area (Å²) in [7, 11) is 0. The van der Waals surface area contributed by atoms with Gasteiger partial charge in [0, 0.05) is 31.1 Å². The first-order chi connectivity index (χ1) is 9.63. The molecule has 0 bridgehead atoms. The van der Waals surface area contributed by atoms with Crippen molar-refractivity contribution in [1.82, 2.24) is 4.90 Å². The topological polar surface area (TPSA) is 46.3 Å². The van der Waals surface area contributed by atoms with Gasteiger partial charge in [0.05, 0.1) is 0 Å². The van der Waals surface area contributed by atoms with Gasteiger partial charge in [0.1, 0.15) is 0 Å². The largest absolute Gasteiger partial charge is 0.338 e. The minimum Gasteiger partial charge on any atom is -0.338 e. The number of benzene rings is 1. The van der Waals surface area contributed by atoms with E-state index in [9.17, 15) is 4.79 Å². The summed E-state index contributed by atoms with van der Waals surface area (Å²) in [6, 6.07) is 5.87. The maximum atomic E-state index is 12.2. The highest BCUT2D eigenvalue weighted by molar-refractivity contribution is 6.31. The molecule has 2 rings (SSSR count). The van der Waals surface area contributed by atoms with E-state index in [0.29, 0.717) is 30.5 Å². The number of rotatable bonds is 4. The van der Waals surface area contributed by atoms with Gasteiger partial charge in [-0.3, -0.25) is 4.79 Å². The monoisotopic (exact) mass is 294 g/mol. The summed E-state index contributed by atoms with van der Waals surface area (Å²) in [6.45, 7) is 4.14. The molecule has 1 amide bonds. The van der Waals surface area contributed by atoms with Crippen molar-refractivity contribution in [2.45, 2.75) is 45.7 Å². The molecule has 1 aliphatic heterocycles. The first kappa shape index (κ1) is 15.3. The third kappa shape index (κ3) is 3.74. The standard InChI is InChI=1S/C16H23ClN2O/c1-2-12-4-6-16(20)19(8-7-12)11-14-5-3-13(10-18)9-15(14)17/h3,5,9,12H,2,4,6-8,10-11,18H2,1H3. The molecule has 0 saturated carbocycles. The van der Waals surface area contributed by atoms with Gasteiger partial charge in [-0.2, -0.15) is 0 Å². The fourth-order valence-electron chi connectivity index (χ4n) is 2.72. The van der Waals surface area contributed by atoms with E-state index in [0.717, 1.165) is 36.9 Å². The molecular weight excluding hydrogens is 272 g/mol. The molecule has 1 aromatic carbocycles. The normalized spacial score (nSPS) is 20.1. The maximum Gasteiger partial charge on any atom is 0.222 e. The van der Waals surface area contributed by atoms with E-state index in [1.807, 2.05) is 23.1 Å². The fraction of sp³-hybridized carbons (Fsp3) is 0.562. The minimum atomic E-state index is 0.250. The highest BCUT2D eigenvalue weighted by Gasteiger charge is 2.22. The summed E-state index contributed by atoms with van der Waals surface area (Å²) in [5.74, 6) is 0.930. The van der Waals surface area contributed by atoms with Crippen LogP contribution in [0.2, 0.25) is 5.02 Å². The minimum absolute atomic E-state index is 0.250. The van der Waals surface area contributed by atoms with Gasteiger partial charge >= 0.3 is 0 Å². The van der Waals surface area contributed by atoms with E-state index in [1.165, 1.54) is 0 Å². The van der Waals surface area contributed by atoms with Crippen LogP contribution < -0.4 is 5.73 Å². The number of carbonyl (C=O) groups excluding carboxylic acids is 1. The highest BCUT2D eigenvalue weighted by Crippen LogP contribution is 2.24. The smallest absolute Gasteiger partial charge is 0.222 e. The van der Waals surface area contributed by atoms with Gasteiger partial charge in [0.15, 0.2) is 0 Å². The Morgan fingerprint density at radius 3 is 2.85 bits per heavy atom. The summed E-state index contributed by atoms with van der Waals surface area (Å²) in [5.41, 5.74) is 7.63. The molecule has 1 atom stereocenters. The van der Waals surface area contributed by atoms with Crippen molar-refractivity contribution in [1.29, 1.82) is 0 Å². The van der Waals surface area contributed by atoms with Crippen LogP contribution in [0.1, 0.15) is 43.7 Å². The molecule has 3 nitrogen and oxygen atoms in total. The molecule has 1 unspecified atom stereocenters. The van der Waals surface area contributed by atoms with Gasteiger partial charge < -0.3 is 10.6 Å². The van der Waals surface area contributed by atoms with Gasteiger partial charge in [0.25, 0.3) is 0 Å². The quantitative estimate of drug-likeness (QED) is 0.926. The van der Waals surface area contributed by atoms with E-state index in [1.54, 1.807) is 0 Å². The molecule has 1 saturated heterocycles. The van der Waals surface area contributed by atoms with Crippen molar-refractivity contribution < 1.29 is 4.79 Å². The average Bonchev–Trinajstić information content (AvgIpc) is 2.63. The van der Waals surface area contributed by atoms with Crippen LogP contribution in [0.3, 0.4) is 0 Å². The molecule has 1 aromatic rings. The second-order valence-electron chi connectivity index (χ2n) is 5.55. The van der Waals surface area contributed by atoms with Crippen LogP contribution in [0, 0.1) is 5.92 Å². The summed E-state index contributed by atoms with van der Waals surface area (Å²) in [6.07, 6.45) is 3.94. The number of amides is 1. The van der Waals surface area contributed by atoms with Gasteiger partial charge in [0.2, 0.25) is 5.91 Å². The summed E-state index contributed by atoms with van der Waals surface area (Å²) in [4.78, 5) is 14.1. The van der Waals surface area contributed by atoms with E-state index < -0.39 is 0 Å². The van der Waals surface area contributed by atoms with Gasteiger partial charge in [-0.15, -0.1) is 0 Å². The maximum absolute atomic E-state index is 12.2. The summed E-state index contributed by atoms with van der Waals surface area (Å²) < 4.78 is 0. The summed E-state index contributed by atoms with van der Waals surface area (Å²) >= 11 is 6.28. The lowest BCUT2D eigenvalue weighted by atomic mass is 9.98. The van der Waals surface area contributed by atoms with Crippen LogP contribution in [0.5, 0.6) is 0 Å². The predicted molar refractivity (Wildman–Crippen MR) is 82.4 cm³/mol. The molecule has 20 heavy (non-hydrogen) atoms. The average molecular weight is 295 g/mol. The lowest BCUT2D eigenvalue weighted by Crippen LogP contribution is -2.29. The van der Waals surface area contributed by atoms with E-state index in [2.05, 4.69) is 6.92 Å². The van der Waals surface area contributed by atoms with Crippen LogP contribution in [-0.4, -0.2) is 17.4 Å². The molecule has 0 radical (unpaired) electrons. The molecule has 1 aliphatic rings. The summed E-state index contributed by atoms with van der Waals surface area (Å²) in [5, 5.41) is 0.706. The SMILES string of the molecule is CCC1CCC(=O)N(Cc2ccc(CN)cc2Cl)CC1. The predicted octanol–water partition coefficient (Wildman–Crippen LogP) is 3.34. The number of nitrogens with two attached hydrogens (primary N) is 1. The van der Waals surface area contributed by atoms with Crippen molar-refractivity contribution in [3.8, 4) is 0 Å². The molecule has 0 aliphatic carbocycles. The van der Waals surface area contributed by atoms with Crippen molar-refractivity contribution >= 4 is 17.5 Å². The lowest BCUT2D eigenvalue weighted by Gasteiger charge is -2.21. The van der Waals surface area contributed by atoms with Crippen molar-refractivity contribution in [3.63, 3.8) is 0 Å². The lowest BCUT2D eigenvalue weighted by molar-refractivity contribution is -0.131. The van der Waals surface area contributed by atoms with Gasteiger partial charge in [-0.25, -0.2) is 0 Å². The number of halogens is 1. The number of carbonyl (C=O) groups is 1. The van der Waals surface area contributed by atoms with Crippen molar-refractivity contribution in [3.05, 3.63) is 34.3 Å². The number of hydrogen-bond donors (Lipinski definition) is 1.